The maximum absolute atomic E-state index is 5.15. The molecule has 0 aromatic heterocycles. The van der Waals surface area contributed by atoms with Crippen LogP contribution < -0.4 is 0 Å². The predicted molar refractivity (Wildman–Crippen MR) is 41.5 cm³/mol. The zero-order chi connectivity index (χ0) is 7.84. The van der Waals surface area contributed by atoms with E-state index in [0.29, 0.717) is 0 Å². The largest absolute Gasteiger partial charge is 0.389 e. The molecular weight excluding hydrogens is 142 g/mol. The summed E-state index contributed by atoms with van der Waals surface area (Å²) in [5, 5.41) is 3.92. The van der Waals surface area contributed by atoms with E-state index in [1.807, 2.05) is 6.92 Å². The van der Waals surface area contributed by atoms with Gasteiger partial charge >= 0.3 is 0 Å². The molecular formula is C8H11NO2. The number of ether oxygens (including phenoxy) is 1. The van der Waals surface area contributed by atoms with Crippen LogP contribution in [-0.2, 0) is 9.57 Å². The van der Waals surface area contributed by atoms with E-state index in [-0.39, 0.29) is 12.2 Å². The van der Waals surface area contributed by atoms with Crippen molar-refractivity contribution >= 4 is 5.71 Å². The van der Waals surface area contributed by atoms with E-state index in [2.05, 4.69) is 11.7 Å². The Hall–Kier alpha value is -0.830. The Balaban J connectivity index is 1.93. The summed E-state index contributed by atoms with van der Waals surface area (Å²) in [6.45, 7) is 6.57. The Bertz CT molecular complexity index is 218. The number of oxime groups is 1. The van der Waals surface area contributed by atoms with Gasteiger partial charge in [-0.1, -0.05) is 11.7 Å². The third-order valence-corrected chi connectivity index (χ3v) is 1.96. The number of nitrogens with zero attached hydrogens (tertiary/aromatic N) is 1. The van der Waals surface area contributed by atoms with Crippen LogP contribution in [0.5, 0.6) is 0 Å². The van der Waals surface area contributed by atoms with Crippen molar-refractivity contribution in [2.24, 2.45) is 5.16 Å². The Morgan fingerprint density at radius 1 is 1.64 bits per heavy atom. The standard InChI is InChI=1S/C8H11NO2/c1-5(2)6-3-7(11-9-6)8-4-10-8/h7-8H,1,3-4H2,2H3/t7-,8-/m0/s1. The lowest BCUT2D eigenvalue weighted by Crippen LogP contribution is -2.15. The van der Waals surface area contributed by atoms with Gasteiger partial charge in [0.1, 0.15) is 6.10 Å². The van der Waals surface area contributed by atoms with E-state index in [0.717, 1.165) is 24.3 Å². The Morgan fingerprint density at radius 2 is 2.36 bits per heavy atom. The summed E-state index contributed by atoms with van der Waals surface area (Å²) in [6.07, 6.45) is 1.30. The SMILES string of the molecule is C=C(C)C1=NO[C@H]([C@@H]2CO2)C1. The van der Waals surface area contributed by atoms with Gasteiger partial charge in [-0.2, -0.15) is 0 Å². The maximum atomic E-state index is 5.15. The monoisotopic (exact) mass is 153 g/mol. The maximum Gasteiger partial charge on any atom is 0.161 e. The van der Waals surface area contributed by atoms with Crippen LogP contribution in [0.1, 0.15) is 13.3 Å². The highest BCUT2D eigenvalue weighted by atomic mass is 16.7. The molecule has 11 heavy (non-hydrogen) atoms. The summed E-state index contributed by atoms with van der Waals surface area (Å²) in [6, 6.07) is 0. The third kappa shape index (κ3) is 1.28. The highest BCUT2D eigenvalue weighted by Gasteiger charge is 2.38. The predicted octanol–water partition coefficient (Wildman–Crippen LogP) is 1.11. The van der Waals surface area contributed by atoms with Crippen molar-refractivity contribution in [2.75, 3.05) is 6.61 Å². The lowest BCUT2D eigenvalue weighted by Gasteiger charge is -2.01. The van der Waals surface area contributed by atoms with E-state index in [4.69, 9.17) is 9.57 Å². The summed E-state index contributed by atoms with van der Waals surface area (Å²) >= 11 is 0. The first-order valence-corrected chi connectivity index (χ1v) is 3.77. The molecule has 0 unspecified atom stereocenters. The van der Waals surface area contributed by atoms with E-state index in [9.17, 15) is 0 Å². The fourth-order valence-electron chi connectivity index (χ4n) is 1.12. The van der Waals surface area contributed by atoms with Gasteiger partial charge in [-0.3, -0.25) is 0 Å². The fourth-order valence-corrected chi connectivity index (χ4v) is 1.12. The van der Waals surface area contributed by atoms with Crippen molar-refractivity contribution in [2.45, 2.75) is 25.6 Å². The quantitative estimate of drug-likeness (QED) is 0.557. The van der Waals surface area contributed by atoms with E-state index < -0.39 is 0 Å². The van der Waals surface area contributed by atoms with Crippen LogP contribution in [0.2, 0.25) is 0 Å². The number of rotatable bonds is 2. The molecule has 0 spiro atoms. The molecule has 2 aliphatic rings. The molecule has 1 fully saturated rings. The molecule has 1 saturated heterocycles. The molecule has 2 rings (SSSR count). The molecule has 0 radical (unpaired) electrons. The van der Waals surface area contributed by atoms with Crippen LogP contribution in [0.4, 0.5) is 0 Å². The second-order valence-corrected chi connectivity index (χ2v) is 3.04. The first kappa shape index (κ1) is 6.85. The van der Waals surface area contributed by atoms with Gasteiger partial charge in [-0.15, -0.1) is 0 Å². The zero-order valence-corrected chi connectivity index (χ0v) is 6.54. The topological polar surface area (TPSA) is 34.1 Å². The van der Waals surface area contributed by atoms with Gasteiger partial charge in [0, 0.05) is 6.42 Å². The van der Waals surface area contributed by atoms with Gasteiger partial charge in [-0.05, 0) is 12.5 Å². The van der Waals surface area contributed by atoms with E-state index in [1.165, 1.54) is 0 Å². The summed E-state index contributed by atoms with van der Waals surface area (Å²) in [7, 11) is 0. The number of allylic oxidation sites excluding steroid dienone is 1. The van der Waals surface area contributed by atoms with Crippen LogP contribution in [0.3, 0.4) is 0 Å². The minimum atomic E-state index is 0.154. The number of hydrogen-bond acceptors (Lipinski definition) is 3. The molecule has 2 heterocycles. The minimum Gasteiger partial charge on any atom is -0.389 e. The van der Waals surface area contributed by atoms with Gasteiger partial charge in [0.05, 0.1) is 12.3 Å². The summed E-state index contributed by atoms with van der Waals surface area (Å²) in [5.41, 5.74) is 1.97. The van der Waals surface area contributed by atoms with E-state index in [1.54, 1.807) is 0 Å². The first-order valence-electron chi connectivity index (χ1n) is 3.77. The summed E-state index contributed by atoms with van der Waals surface area (Å²) in [5.74, 6) is 0. The van der Waals surface area contributed by atoms with Crippen molar-refractivity contribution in [3.05, 3.63) is 12.2 Å². The van der Waals surface area contributed by atoms with Crippen molar-refractivity contribution in [3.63, 3.8) is 0 Å². The van der Waals surface area contributed by atoms with Gasteiger partial charge in [0.2, 0.25) is 0 Å². The number of epoxide rings is 1. The molecule has 0 aliphatic carbocycles. The van der Waals surface area contributed by atoms with Crippen molar-refractivity contribution in [3.8, 4) is 0 Å². The van der Waals surface area contributed by atoms with Crippen molar-refractivity contribution in [1.82, 2.24) is 0 Å². The Morgan fingerprint density at radius 3 is 2.82 bits per heavy atom. The normalized spacial score (nSPS) is 34.5. The van der Waals surface area contributed by atoms with Gasteiger partial charge in [-0.25, -0.2) is 0 Å². The molecule has 0 aromatic carbocycles. The zero-order valence-electron chi connectivity index (χ0n) is 6.54. The fraction of sp³-hybridized carbons (Fsp3) is 0.625. The molecule has 2 atom stereocenters. The number of hydrogen-bond donors (Lipinski definition) is 0. The van der Waals surface area contributed by atoms with Crippen LogP contribution in [0.25, 0.3) is 0 Å². The van der Waals surface area contributed by atoms with Crippen LogP contribution in [0, 0.1) is 0 Å². The molecule has 2 aliphatic heterocycles. The highest BCUT2D eigenvalue weighted by molar-refractivity contribution is 5.99. The Kier molecular flexibility index (Phi) is 1.46. The average Bonchev–Trinajstić information content (AvgIpc) is 2.68. The molecule has 0 aromatic rings. The van der Waals surface area contributed by atoms with Gasteiger partial charge < -0.3 is 9.57 Å². The summed E-state index contributed by atoms with van der Waals surface area (Å²) in [4.78, 5) is 5.15. The molecule has 0 N–H and O–H groups in total. The van der Waals surface area contributed by atoms with Crippen LogP contribution >= 0.6 is 0 Å². The third-order valence-electron chi connectivity index (χ3n) is 1.96. The minimum absolute atomic E-state index is 0.154. The van der Waals surface area contributed by atoms with Gasteiger partial charge in [0.15, 0.2) is 6.10 Å². The van der Waals surface area contributed by atoms with Crippen LogP contribution in [-0.4, -0.2) is 24.5 Å². The van der Waals surface area contributed by atoms with E-state index >= 15 is 0 Å². The lowest BCUT2D eigenvalue weighted by molar-refractivity contribution is 0.0627. The Labute approximate surface area is 65.7 Å². The molecule has 60 valence electrons. The van der Waals surface area contributed by atoms with Crippen LogP contribution in [0.15, 0.2) is 17.3 Å². The summed E-state index contributed by atoms with van der Waals surface area (Å²) < 4.78 is 5.09. The van der Waals surface area contributed by atoms with Gasteiger partial charge in [0.25, 0.3) is 0 Å². The molecule has 0 amide bonds. The lowest BCUT2D eigenvalue weighted by atomic mass is 10.1. The van der Waals surface area contributed by atoms with Crippen molar-refractivity contribution < 1.29 is 9.57 Å². The second kappa shape index (κ2) is 2.34. The second-order valence-electron chi connectivity index (χ2n) is 3.04. The van der Waals surface area contributed by atoms with Crippen molar-refractivity contribution in [1.29, 1.82) is 0 Å². The highest BCUT2D eigenvalue weighted by Crippen LogP contribution is 2.25. The molecule has 3 nitrogen and oxygen atoms in total. The molecule has 0 bridgehead atoms. The molecule has 0 saturated carbocycles. The first-order chi connectivity index (χ1) is 5.27. The smallest absolute Gasteiger partial charge is 0.161 e. The average molecular weight is 153 g/mol. The molecule has 3 heteroatoms.